The van der Waals surface area contributed by atoms with Crippen LogP contribution in [0.3, 0.4) is 0 Å². The average molecular weight is 1040 g/mol. The number of aliphatic hydroxyl groups is 2. The van der Waals surface area contributed by atoms with E-state index >= 15 is 0 Å². The predicted molar refractivity (Wildman–Crippen MR) is 282 cm³/mol. The molecule has 0 saturated carbocycles. The van der Waals surface area contributed by atoms with E-state index < -0.39 is 0 Å². The summed E-state index contributed by atoms with van der Waals surface area (Å²) in [6.07, 6.45) is 25.1. The van der Waals surface area contributed by atoms with Crippen molar-refractivity contribution < 1.29 is 14.9 Å². The molecule has 0 aliphatic carbocycles. The van der Waals surface area contributed by atoms with Crippen molar-refractivity contribution in [2.24, 2.45) is 0 Å². The molecule has 390 valence electrons. The molecule has 9 aromatic heterocycles. The van der Waals surface area contributed by atoms with E-state index in [1.165, 1.54) is 49.2 Å². The summed E-state index contributed by atoms with van der Waals surface area (Å²) in [6.45, 7) is 7.46. The van der Waals surface area contributed by atoms with Crippen LogP contribution in [0, 0.1) is 0 Å². The summed E-state index contributed by atoms with van der Waals surface area (Å²) in [4.78, 5) is 44.0. The fraction of sp³-hybridized carbons (Fsp3) is 0.420. The molecule has 4 aliphatic rings. The minimum Gasteiger partial charge on any atom is -0.491 e. The van der Waals surface area contributed by atoms with E-state index in [1.54, 1.807) is 46.2 Å². The van der Waals surface area contributed by atoms with Crippen LogP contribution >= 0.6 is 11.6 Å². The topological polar surface area (TPSA) is 257 Å². The number of aromatic nitrogens is 17. The summed E-state index contributed by atoms with van der Waals surface area (Å²) >= 11 is 5.72. The van der Waals surface area contributed by atoms with Crippen molar-refractivity contribution in [3.05, 3.63) is 116 Å². The van der Waals surface area contributed by atoms with E-state index in [-0.39, 0.29) is 18.7 Å². The van der Waals surface area contributed by atoms with Crippen LogP contribution in [0.4, 0.5) is 17.5 Å². The van der Waals surface area contributed by atoms with Crippen molar-refractivity contribution in [2.45, 2.75) is 88.9 Å². The second kappa shape index (κ2) is 24.5. The van der Waals surface area contributed by atoms with Crippen molar-refractivity contribution in [1.29, 1.82) is 0 Å². The summed E-state index contributed by atoms with van der Waals surface area (Å²) in [5.74, 6) is 6.38. The number of nitrogens with one attached hydrogen (secondary N) is 1. The molecule has 0 bridgehead atoms. The van der Waals surface area contributed by atoms with Crippen LogP contribution in [0.2, 0.25) is 5.15 Å². The summed E-state index contributed by atoms with van der Waals surface area (Å²) < 4.78 is 13.0. The first-order chi connectivity index (χ1) is 37.0. The lowest BCUT2D eigenvalue weighted by Gasteiger charge is -2.26. The van der Waals surface area contributed by atoms with Crippen LogP contribution in [-0.2, 0) is 0 Å². The molecule has 4 fully saturated rings. The van der Waals surface area contributed by atoms with Crippen molar-refractivity contribution >= 4 is 63.1 Å². The Balaban J connectivity index is 0.000000114. The number of ether oxygens (including phenoxy) is 1. The molecular formula is C50H60ClN21O3. The van der Waals surface area contributed by atoms with Crippen molar-refractivity contribution in [3.8, 4) is 5.75 Å². The molecule has 3 N–H and O–H groups in total. The molecule has 0 radical (unpaired) electrons. The van der Waals surface area contributed by atoms with E-state index in [2.05, 4.69) is 92.2 Å². The zero-order chi connectivity index (χ0) is 51.3. The fourth-order valence-corrected chi connectivity index (χ4v) is 10.2. The van der Waals surface area contributed by atoms with Crippen molar-refractivity contribution in [3.63, 3.8) is 0 Å². The monoisotopic (exact) mass is 1040 g/mol. The molecule has 13 heterocycles. The lowest BCUT2D eigenvalue weighted by molar-refractivity contribution is 0.255. The van der Waals surface area contributed by atoms with Gasteiger partial charge in [0.25, 0.3) is 23.1 Å². The molecule has 0 amide bonds. The van der Waals surface area contributed by atoms with Gasteiger partial charge in [0.05, 0.1) is 30.8 Å². The first-order valence-corrected chi connectivity index (χ1v) is 25.8. The minimum absolute atomic E-state index is 0.179. The van der Waals surface area contributed by atoms with E-state index in [9.17, 15) is 5.11 Å². The molecule has 75 heavy (non-hydrogen) atoms. The number of nitrogens with zero attached hydrogens (tertiary/aromatic N) is 20. The summed E-state index contributed by atoms with van der Waals surface area (Å²) in [7, 11) is 0. The third kappa shape index (κ3) is 11.6. The van der Waals surface area contributed by atoms with Gasteiger partial charge in [0, 0.05) is 68.1 Å². The minimum atomic E-state index is 0.179. The highest BCUT2D eigenvalue weighted by molar-refractivity contribution is 6.29. The Morgan fingerprint density at radius 3 is 1.57 bits per heavy atom. The Morgan fingerprint density at radius 2 is 1.05 bits per heavy atom. The molecule has 25 heteroatoms. The van der Waals surface area contributed by atoms with Crippen LogP contribution in [0.25, 0.3) is 34.0 Å². The Hall–Kier alpha value is -7.80. The summed E-state index contributed by atoms with van der Waals surface area (Å²) in [6, 6.07) is 19.1. The lowest BCUT2D eigenvalue weighted by Crippen LogP contribution is -2.35. The second-order valence-corrected chi connectivity index (χ2v) is 18.6. The molecule has 10 aromatic rings. The number of anilines is 3. The van der Waals surface area contributed by atoms with Gasteiger partial charge in [-0.25, -0.2) is 19.9 Å². The Bertz CT molecular complexity index is 3280. The number of rotatable bonds is 9. The van der Waals surface area contributed by atoms with Gasteiger partial charge in [-0.1, -0.05) is 24.6 Å². The molecule has 4 saturated heterocycles. The van der Waals surface area contributed by atoms with E-state index in [0.29, 0.717) is 53.6 Å². The normalized spacial score (nSPS) is 19.2. The molecule has 24 nitrogen and oxygen atoms in total. The van der Waals surface area contributed by atoms with Gasteiger partial charge in [0.1, 0.15) is 60.3 Å². The highest BCUT2D eigenvalue weighted by Gasteiger charge is 2.29. The lowest BCUT2D eigenvalue weighted by atomic mass is 10.2. The SMILES string of the molecule is CC[C@H]1CCCN1c1ccnc2ncnn12.Clc1ccnc2ncnn12.OC[C@H]1CCCN1.OC[C@H]1CCCN1c1ccnc2ncnn12.c1cc(OC[C@H]2CCCN2c2ccnc3ncnn23)c2cccnc2c1. The quantitative estimate of drug-likeness (QED) is 0.164. The van der Waals surface area contributed by atoms with Crippen molar-refractivity contribution in [2.75, 3.05) is 60.7 Å². The number of benzene rings is 1. The zero-order valence-corrected chi connectivity index (χ0v) is 42.4. The zero-order valence-electron chi connectivity index (χ0n) is 41.6. The van der Waals surface area contributed by atoms with Crippen LogP contribution in [0.15, 0.2) is 111 Å². The smallest absolute Gasteiger partial charge is 0.254 e. The van der Waals surface area contributed by atoms with E-state index in [1.807, 2.05) is 59.2 Å². The van der Waals surface area contributed by atoms with Crippen LogP contribution < -0.4 is 24.8 Å². The first-order valence-electron chi connectivity index (χ1n) is 25.5. The Labute approximate surface area is 436 Å². The number of aliphatic hydroxyl groups excluding tert-OH is 2. The van der Waals surface area contributed by atoms with Gasteiger partial charge in [-0.2, -0.15) is 58.4 Å². The van der Waals surface area contributed by atoms with E-state index in [0.717, 1.165) is 92.4 Å². The molecule has 0 spiro atoms. The van der Waals surface area contributed by atoms with Crippen LogP contribution in [0.5, 0.6) is 5.75 Å². The van der Waals surface area contributed by atoms with Gasteiger partial charge >= 0.3 is 0 Å². The Kier molecular flexibility index (Phi) is 16.6. The first kappa shape index (κ1) is 50.7. The maximum Gasteiger partial charge on any atom is 0.254 e. The Morgan fingerprint density at radius 1 is 0.533 bits per heavy atom. The van der Waals surface area contributed by atoms with Crippen LogP contribution in [0.1, 0.15) is 64.7 Å². The van der Waals surface area contributed by atoms with Gasteiger partial charge < -0.3 is 35.0 Å². The fourth-order valence-electron chi connectivity index (χ4n) is 10.0. The number of halogens is 1. The number of hydrogen-bond donors (Lipinski definition) is 3. The van der Waals surface area contributed by atoms with Gasteiger partial charge in [-0.05, 0) is 113 Å². The standard InChI is InChI=1S/C19H18N6O.C11H15N5.C10H13N5O.C5H3ClN4.C5H11NO/c1-6-16-15(5-2-9-20-16)17(7-1)26-12-14-4-3-11-24(14)18-8-10-21-19-22-13-23-25(18)19;1-2-9-4-3-7-15(9)10-5-6-12-11-13-8-14-16(10)11;16-6-8-2-1-5-14(8)9-3-4-11-10-12-7-13-15(9)10;6-4-1-2-7-5-8-3-9-10(4)5;7-4-5-2-1-3-6-5/h1-2,5-10,13-14H,3-4,11-12H2;5-6,8-9H,2-4,7H2,1H3;3-4,7-8,16H,1-2,5-6H2;1-3H;5-7H,1-4H2/t14-;9-;8-;;5-/m101.1/s1. The summed E-state index contributed by atoms with van der Waals surface area (Å²) in [5.41, 5.74) is 0.951. The van der Waals surface area contributed by atoms with Gasteiger partial charge in [0.15, 0.2) is 0 Å². The van der Waals surface area contributed by atoms with Gasteiger partial charge in [-0.3, -0.25) is 4.98 Å². The predicted octanol–water partition coefficient (Wildman–Crippen LogP) is 4.82. The molecule has 14 rings (SSSR count). The molecule has 4 aliphatic heterocycles. The maximum atomic E-state index is 9.32. The van der Waals surface area contributed by atoms with E-state index in [4.69, 9.17) is 21.4 Å². The number of pyridine rings is 1. The van der Waals surface area contributed by atoms with Crippen molar-refractivity contribution in [1.82, 2.24) is 88.6 Å². The van der Waals surface area contributed by atoms with Gasteiger partial charge in [0.2, 0.25) is 0 Å². The third-order valence-corrected chi connectivity index (χ3v) is 14.0. The van der Waals surface area contributed by atoms with Crippen LogP contribution in [-0.4, -0.2) is 164 Å². The third-order valence-electron chi connectivity index (χ3n) is 13.7. The molecule has 0 unspecified atom stereocenters. The molecule has 1 aromatic carbocycles. The highest BCUT2D eigenvalue weighted by Crippen LogP contribution is 2.30. The summed E-state index contributed by atoms with van der Waals surface area (Å²) in [5, 5.41) is 39.1. The maximum absolute atomic E-state index is 9.32. The molecular weight excluding hydrogens is 978 g/mol. The largest absolute Gasteiger partial charge is 0.491 e. The molecule has 4 atom stereocenters. The van der Waals surface area contributed by atoms with Gasteiger partial charge in [-0.15, -0.1) is 0 Å². The number of fused-ring (bicyclic) bond motifs is 5. The highest BCUT2D eigenvalue weighted by atomic mass is 35.5. The second-order valence-electron chi connectivity index (χ2n) is 18.2. The average Bonchev–Trinajstić information content (AvgIpc) is 4.31. The number of hydrogen-bond acceptors (Lipinski definition) is 20.